The van der Waals surface area contributed by atoms with Crippen molar-refractivity contribution in [3.05, 3.63) is 35.4 Å². The molecule has 1 N–H and O–H groups in total. The number of rotatable bonds is 6. The number of methoxy groups -OCH3 is 1. The first-order valence-electron chi connectivity index (χ1n) is 7.53. The predicted molar refractivity (Wildman–Crippen MR) is 80.5 cm³/mol. The highest BCUT2D eigenvalue weighted by Crippen LogP contribution is 2.22. The zero-order valence-electron chi connectivity index (χ0n) is 12.5. The number of hydrogen-bond acceptors (Lipinski definition) is 2. The van der Waals surface area contributed by atoms with Crippen molar-refractivity contribution >= 4 is 0 Å². The minimum absolute atomic E-state index is 0.418. The van der Waals surface area contributed by atoms with Gasteiger partial charge in [-0.05, 0) is 51.5 Å². The Labute approximate surface area is 117 Å². The third kappa shape index (κ3) is 4.32. The van der Waals surface area contributed by atoms with E-state index >= 15 is 0 Å². The van der Waals surface area contributed by atoms with Gasteiger partial charge in [0.2, 0.25) is 0 Å². The second kappa shape index (κ2) is 7.06. The van der Waals surface area contributed by atoms with Crippen LogP contribution in [0, 0.1) is 6.92 Å². The predicted octanol–water partition coefficient (Wildman–Crippen LogP) is 3.47. The average molecular weight is 261 g/mol. The fraction of sp³-hybridized carbons (Fsp3) is 0.647. The van der Waals surface area contributed by atoms with Crippen LogP contribution in [0.3, 0.4) is 0 Å². The van der Waals surface area contributed by atoms with Crippen molar-refractivity contribution in [3.8, 4) is 0 Å². The Hall–Kier alpha value is -0.860. The second-order valence-corrected chi connectivity index (χ2v) is 5.91. The summed E-state index contributed by atoms with van der Waals surface area (Å²) in [6, 6.07) is 9.94. The molecule has 0 heterocycles. The molecule has 3 atom stereocenters. The van der Waals surface area contributed by atoms with Gasteiger partial charge in [-0.25, -0.2) is 0 Å². The zero-order valence-corrected chi connectivity index (χ0v) is 12.5. The summed E-state index contributed by atoms with van der Waals surface area (Å²) in [6.07, 6.45) is 6.52. The summed E-state index contributed by atoms with van der Waals surface area (Å²) < 4.78 is 5.54. The normalized spacial score (nSPS) is 24.6. The maximum Gasteiger partial charge on any atom is 0.0724 e. The van der Waals surface area contributed by atoms with Crippen LogP contribution in [-0.2, 0) is 11.2 Å². The molecule has 2 rings (SSSR count). The first-order valence-corrected chi connectivity index (χ1v) is 7.53. The second-order valence-electron chi connectivity index (χ2n) is 5.91. The summed E-state index contributed by atoms with van der Waals surface area (Å²) in [4.78, 5) is 0. The molecule has 0 aliphatic heterocycles. The fourth-order valence-electron chi connectivity index (χ4n) is 3.10. The van der Waals surface area contributed by atoms with Crippen LogP contribution in [-0.4, -0.2) is 25.3 Å². The summed E-state index contributed by atoms with van der Waals surface area (Å²) in [5.74, 6) is 0. The Bertz CT molecular complexity index is 391. The molecule has 0 bridgehead atoms. The van der Waals surface area contributed by atoms with Crippen molar-refractivity contribution < 1.29 is 4.74 Å². The van der Waals surface area contributed by atoms with Gasteiger partial charge < -0.3 is 10.1 Å². The van der Waals surface area contributed by atoms with E-state index in [9.17, 15) is 0 Å². The molecule has 0 amide bonds. The van der Waals surface area contributed by atoms with Gasteiger partial charge in [-0.3, -0.25) is 0 Å². The molecule has 1 fully saturated rings. The number of nitrogens with one attached hydrogen (secondary N) is 1. The Morgan fingerprint density at radius 1 is 1.37 bits per heavy atom. The van der Waals surface area contributed by atoms with Crippen LogP contribution in [0.2, 0.25) is 0 Å². The summed E-state index contributed by atoms with van der Waals surface area (Å²) in [5.41, 5.74) is 2.80. The molecule has 1 saturated carbocycles. The molecule has 0 radical (unpaired) electrons. The van der Waals surface area contributed by atoms with Gasteiger partial charge in [-0.1, -0.05) is 29.8 Å². The van der Waals surface area contributed by atoms with Crippen molar-refractivity contribution in [2.75, 3.05) is 7.11 Å². The Morgan fingerprint density at radius 3 is 2.95 bits per heavy atom. The minimum atomic E-state index is 0.418. The highest BCUT2D eigenvalue weighted by molar-refractivity contribution is 5.22. The summed E-state index contributed by atoms with van der Waals surface area (Å²) >= 11 is 0. The van der Waals surface area contributed by atoms with Crippen LogP contribution in [0.25, 0.3) is 0 Å². The molecule has 1 aliphatic carbocycles. The number of aryl methyl sites for hydroxylation is 2. The maximum absolute atomic E-state index is 5.54. The van der Waals surface area contributed by atoms with Crippen molar-refractivity contribution in [3.63, 3.8) is 0 Å². The Morgan fingerprint density at radius 2 is 2.21 bits per heavy atom. The molecule has 0 aromatic heterocycles. The van der Waals surface area contributed by atoms with Crippen molar-refractivity contribution in [1.29, 1.82) is 0 Å². The Kier molecular flexibility index (Phi) is 5.41. The quantitative estimate of drug-likeness (QED) is 0.846. The smallest absolute Gasteiger partial charge is 0.0724 e. The minimum Gasteiger partial charge on any atom is -0.380 e. The number of hydrogen-bond donors (Lipinski definition) is 1. The van der Waals surface area contributed by atoms with Gasteiger partial charge in [-0.2, -0.15) is 0 Å². The molecule has 1 aliphatic rings. The molecule has 106 valence electrons. The van der Waals surface area contributed by atoms with Gasteiger partial charge in [0.25, 0.3) is 0 Å². The monoisotopic (exact) mass is 261 g/mol. The Balaban J connectivity index is 1.76. The summed E-state index contributed by atoms with van der Waals surface area (Å²) in [7, 11) is 1.84. The third-order valence-electron chi connectivity index (χ3n) is 4.20. The van der Waals surface area contributed by atoms with Gasteiger partial charge in [0.1, 0.15) is 0 Å². The maximum atomic E-state index is 5.54. The molecule has 2 nitrogen and oxygen atoms in total. The van der Waals surface area contributed by atoms with Gasteiger partial charge in [0.05, 0.1) is 6.10 Å². The van der Waals surface area contributed by atoms with Gasteiger partial charge in [0, 0.05) is 19.2 Å². The van der Waals surface area contributed by atoms with Crippen molar-refractivity contribution in [2.45, 2.75) is 64.1 Å². The molecule has 19 heavy (non-hydrogen) atoms. The lowest BCUT2D eigenvalue weighted by Gasteiger charge is -2.24. The summed E-state index contributed by atoms with van der Waals surface area (Å²) in [6.45, 7) is 4.45. The SMILES string of the molecule is COC1CCCC1NC(C)CCc1cccc(C)c1. The van der Waals surface area contributed by atoms with E-state index in [0.717, 1.165) is 6.42 Å². The average Bonchev–Trinajstić information content (AvgIpc) is 2.84. The summed E-state index contributed by atoms with van der Waals surface area (Å²) in [5, 5.41) is 3.74. The van der Waals surface area contributed by atoms with Crippen LogP contribution in [0.1, 0.15) is 43.7 Å². The van der Waals surface area contributed by atoms with Crippen LogP contribution in [0.4, 0.5) is 0 Å². The van der Waals surface area contributed by atoms with E-state index in [1.165, 1.54) is 36.8 Å². The van der Waals surface area contributed by atoms with E-state index in [4.69, 9.17) is 4.74 Å². The lowest BCUT2D eigenvalue weighted by Crippen LogP contribution is -2.42. The fourth-order valence-corrected chi connectivity index (χ4v) is 3.10. The van der Waals surface area contributed by atoms with E-state index in [1.54, 1.807) is 0 Å². The van der Waals surface area contributed by atoms with Gasteiger partial charge in [0.15, 0.2) is 0 Å². The third-order valence-corrected chi connectivity index (χ3v) is 4.20. The van der Waals surface area contributed by atoms with Gasteiger partial charge in [-0.15, -0.1) is 0 Å². The lowest BCUT2D eigenvalue weighted by molar-refractivity contribution is 0.0816. The van der Waals surface area contributed by atoms with E-state index in [-0.39, 0.29) is 0 Å². The number of ether oxygens (including phenoxy) is 1. The highest BCUT2D eigenvalue weighted by Gasteiger charge is 2.27. The van der Waals surface area contributed by atoms with Crippen LogP contribution < -0.4 is 5.32 Å². The molecule has 0 saturated heterocycles. The first kappa shape index (κ1) is 14.5. The molecule has 1 aromatic rings. The van der Waals surface area contributed by atoms with Crippen LogP contribution in [0.5, 0.6) is 0 Å². The van der Waals surface area contributed by atoms with E-state index in [2.05, 4.69) is 43.4 Å². The standard InChI is InChI=1S/C17H27NO/c1-13-6-4-7-15(12-13)11-10-14(2)18-16-8-5-9-17(16)19-3/h4,6-7,12,14,16-18H,5,8-11H2,1-3H3. The van der Waals surface area contributed by atoms with Crippen LogP contribution in [0.15, 0.2) is 24.3 Å². The molecule has 0 spiro atoms. The van der Waals surface area contributed by atoms with Crippen molar-refractivity contribution in [1.82, 2.24) is 5.32 Å². The van der Waals surface area contributed by atoms with E-state index in [1.807, 2.05) is 7.11 Å². The first-order chi connectivity index (χ1) is 9.19. The van der Waals surface area contributed by atoms with Crippen LogP contribution >= 0.6 is 0 Å². The molecular formula is C17H27NO. The number of benzene rings is 1. The molecule has 1 aromatic carbocycles. The molecule has 3 unspecified atom stereocenters. The molecule has 2 heteroatoms. The van der Waals surface area contributed by atoms with Gasteiger partial charge >= 0.3 is 0 Å². The zero-order chi connectivity index (χ0) is 13.7. The lowest BCUT2D eigenvalue weighted by atomic mass is 10.0. The topological polar surface area (TPSA) is 21.3 Å². The largest absolute Gasteiger partial charge is 0.380 e. The van der Waals surface area contributed by atoms with Crippen molar-refractivity contribution in [2.24, 2.45) is 0 Å². The highest BCUT2D eigenvalue weighted by atomic mass is 16.5. The van der Waals surface area contributed by atoms with E-state index < -0.39 is 0 Å². The van der Waals surface area contributed by atoms with E-state index in [0.29, 0.717) is 18.2 Å². The molecular weight excluding hydrogens is 234 g/mol.